The SMILES string of the molecule is CCC(N)(CC)C(=O)NCc1ccccc1-n1cccn1. The third-order valence-corrected chi connectivity index (χ3v) is 3.90. The Bertz CT molecular complexity index is 588. The van der Waals surface area contributed by atoms with E-state index in [4.69, 9.17) is 5.73 Å². The van der Waals surface area contributed by atoms with E-state index in [1.807, 2.05) is 50.4 Å². The molecule has 0 aliphatic rings. The highest BCUT2D eigenvalue weighted by Crippen LogP contribution is 2.15. The lowest BCUT2D eigenvalue weighted by Crippen LogP contribution is -2.52. The smallest absolute Gasteiger partial charge is 0.240 e. The zero-order chi connectivity index (χ0) is 15.3. The van der Waals surface area contributed by atoms with Crippen molar-refractivity contribution in [2.75, 3.05) is 0 Å². The predicted octanol–water partition coefficient (Wildman–Crippen LogP) is 2.01. The van der Waals surface area contributed by atoms with Crippen LogP contribution in [0.1, 0.15) is 32.3 Å². The van der Waals surface area contributed by atoms with Gasteiger partial charge in [0.15, 0.2) is 0 Å². The Balaban J connectivity index is 2.13. The second-order valence-electron chi connectivity index (χ2n) is 5.13. The number of nitrogens with one attached hydrogen (secondary N) is 1. The molecule has 0 fully saturated rings. The molecule has 3 N–H and O–H groups in total. The number of carbonyl (C=O) groups is 1. The third-order valence-electron chi connectivity index (χ3n) is 3.90. The fraction of sp³-hybridized carbons (Fsp3) is 0.375. The molecule has 5 heteroatoms. The van der Waals surface area contributed by atoms with Crippen molar-refractivity contribution in [3.8, 4) is 5.69 Å². The molecule has 0 saturated heterocycles. The average Bonchev–Trinajstić information content (AvgIpc) is 3.06. The van der Waals surface area contributed by atoms with E-state index in [1.54, 1.807) is 10.9 Å². The molecular weight excluding hydrogens is 264 g/mol. The van der Waals surface area contributed by atoms with Crippen LogP contribution in [-0.2, 0) is 11.3 Å². The van der Waals surface area contributed by atoms with Gasteiger partial charge in [0.05, 0.1) is 11.2 Å². The quantitative estimate of drug-likeness (QED) is 0.853. The summed E-state index contributed by atoms with van der Waals surface area (Å²) < 4.78 is 1.79. The maximum absolute atomic E-state index is 12.2. The summed E-state index contributed by atoms with van der Waals surface area (Å²) in [6, 6.07) is 9.73. The van der Waals surface area contributed by atoms with E-state index in [9.17, 15) is 4.79 Å². The van der Waals surface area contributed by atoms with Crippen molar-refractivity contribution in [1.29, 1.82) is 0 Å². The van der Waals surface area contributed by atoms with E-state index in [1.165, 1.54) is 0 Å². The van der Waals surface area contributed by atoms with Crippen molar-refractivity contribution in [2.24, 2.45) is 5.73 Å². The first-order valence-corrected chi connectivity index (χ1v) is 7.26. The molecule has 1 aromatic heterocycles. The van der Waals surface area contributed by atoms with Crippen LogP contribution in [0.5, 0.6) is 0 Å². The minimum Gasteiger partial charge on any atom is -0.350 e. The fourth-order valence-corrected chi connectivity index (χ4v) is 2.22. The van der Waals surface area contributed by atoms with Gasteiger partial charge in [-0.05, 0) is 30.5 Å². The van der Waals surface area contributed by atoms with Crippen LogP contribution in [0, 0.1) is 0 Å². The summed E-state index contributed by atoms with van der Waals surface area (Å²) in [5, 5.41) is 7.17. The van der Waals surface area contributed by atoms with E-state index in [-0.39, 0.29) is 5.91 Å². The molecule has 0 saturated carbocycles. The topological polar surface area (TPSA) is 72.9 Å². The number of benzene rings is 1. The first-order valence-electron chi connectivity index (χ1n) is 7.26. The summed E-state index contributed by atoms with van der Waals surface area (Å²) in [6.45, 7) is 4.30. The van der Waals surface area contributed by atoms with Crippen LogP contribution in [0.3, 0.4) is 0 Å². The van der Waals surface area contributed by atoms with Gasteiger partial charge >= 0.3 is 0 Å². The van der Waals surface area contributed by atoms with E-state index in [0.29, 0.717) is 19.4 Å². The molecule has 0 bridgehead atoms. The first kappa shape index (κ1) is 15.3. The van der Waals surface area contributed by atoms with Gasteiger partial charge in [-0.25, -0.2) is 4.68 Å². The van der Waals surface area contributed by atoms with Gasteiger partial charge in [0, 0.05) is 18.9 Å². The van der Waals surface area contributed by atoms with Crippen molar-refractivity contribution < 1.29 is 4.79 Å². The van der Waals surface area contributed by atoms with Gasteiger partial charge in [-0.2, -0.15) is 5.10 Å². The molecule has 21 heavy (non-hydrogen) atoms. The maximum atomic E-state index is 12.2. The summed E-state index contributed by atoms with van der Waals surface area (Å²) in [4.78, 5) is 12.2. The third kappa shape index (κ3) is 3.31. The molecule has 2 aromatic rings. The van der Waals surface area contributed by atoms with Gasteiger partial charge in [0.2, 0.25) is 5.91 Å². The lowest BCUT2D eigenvalue weighted by molar-refractivity contribution is -0.126. The van der Waals surface area contributed by atoms with E-state index >= 15 is 0 Å². The van der Waals surface area contributed by atoms with Crippen molar-refractivity contribution in [2.45, 2.75) is 38.8 Å². The van der Waals surface area contributed by atoms with Crippen molar-refractivity contribution in [1.82, 2.24) is 15.1 Å². The maximum Gasteiger partial charge on any atom is 0.240 e. The Morgan fingerprint density at radius 1 is 1.29 bits per heavy atom. The molecule has 0 unspecified atom stereocenters. The zero-order valence-corrected chi connectivity index (χ0v) is 12.5. The Hall–Kier alpha value is -2.14. The number of hydrogen-bond donors (Lipinski definition) is 2. The second-order valence-corrected chi connectivity index (χ2v) is 5.13. The summed E-state index contributed by atoms with van der Waals surface area (Å²) in [5.41, 5.74) is 7.28. The van der Waals surface area contributed by atoms with Crippen molar-refractivity contribution in [3.63, 3.8) is 0 Å². The standard InChI is InChI=1S/C16H22N4O/c1-3-16(17,4-2)15(21)18-12-13-8-5-6-9-14(13)20-11-7-10-19-20/h5-11H,3-4,12,17H2,1-2H3,(H,18,21). The molecule has 1 heterocycles. The molecule has 0 aliphatic heterocycles. The van der Waals surface area contributed by atoms with Crippen molar-refractivity contribution >= 4 is 5.91 Å². The van der Waals surface area contributed by atoms with Gasteiger partial charge in [-0.15, -0.1) is 0 Å². The van der Waals surface area contributed by atoms with Gasteiger partial charge in [-0.3, -0.25) is 4.79 Å². The van der Waals surface area contributed by atoms with Crippen LogP contribution in [0.2, 0.25) is 0 Å². The van der Waals surface area contributed by atoms with Crippen LogP contribution >= 0.6 is 0 Å². The molecule has 1 aromatic carbocycles. The minimum absolute atomic E-state index is 0.109. The Morgan fingerprint density at radius 3 is 2.62 bits per heavy atom. The van der Waals surface area contributed by atoms with E-state index < -0.39 is 5.54 Å². The summed E-state index contributed by atoms with van der Waals surface area (Å²) in [6.07, 6.45) is 4.85. The van der Waals surface area contributed by atoms with E-state index in [2.05, 4.69) is 10.4 Å². The number of para-hydroxylation sites is 1. The lowest BCUT2D eigenvalue weighted by Gasteiger charge is -2.25. The summed E-state index contributed by atoms with van der Waals surface area (Å²) in [5.74, 6) is -0.109. The van der Waals surface area contributed by atoms with Crippen molar-refractivity contribution in [3.05, 3.63) is 48.3 Å². The summed E-state index contributed by atoms with van der Waals surface area (Å²) >= 11 is 0. The highest BCUT2D eigenvalue weighted by molar-refractivity contribution is 5.85. The number of aromatic nitrogens is 2. The number of amides is 1. The molecule has 2 rings (SSSR count). The molecule has 0 spiro atoms. The first-order chi connectivity index (χ1) is 10.1. The fourth-order valence-electron chi connectivity index (χ4n) is 2.22. The largest absolute Gasteiger partial charge is 0.350 e. The average molecular weight is 286 g/mol. The number of nitrogens with two attached hydrogens (primary N) is 1. The Morgan fingerprint density at radius 2 is 2.00 bits per heavy atom. The van der Waals surface area contributed by atoms with Crippen LogP contribution in [0.4, 0.5) is 0 Å². The molecule has 112 valence electrons. The highest BCUT2D eigenvalue weighted by Gasteiger charge is 2.29. The van der Waals surface area contributed by atoms with Gasteiger partial charge in [-0.1, -0.05) is 32.0 Å². The van der Waals surface area contributed by atoms with Crippen LogP contribution in [-0.4, -0.2) is 21.2 Å². The molecular formula is C16H22N4O. The minimum atomic E-state index is -0.791. The Kier molecular flexibility index (Phi) is 4.75. The van der Waals surface area contributed by atoms with Crippen LogP contribution < -0.4 is 11.1 Å². The molecule has 0 aliphatic carbocycles. The van der Waals surface area contributed by atoms with Gasteiger partial charge < -0.3 is 11.1 Å². The summed E-state index contributed by atoms with van der Waals surface area (Å²) in [7, 11) is 0. The lowest BCUT2D eigenvalue weighted by atomic mass is 9.93. The second kappa shape index (κ2) is 6.54. The molecule has 5 nitrogen and oxygen atoms in total. The zero-order valence-electron chi connectivity index (χ0n) is 12.5. The number of hydrogen-bond acceptors (Lipinski definition) is 3. The normalized spacial score (nSPS) is 11.4. The monoisotopic (exact) mass is 286 g/mol. The highest BCUT2D eigenvalue weighted by atomic mass is 16.2. The van der Waals surface area contributed by atoms with Crippen LogP contribution in [0.15, 0.2) is 42.7 Å². The molecule has 0 radical (unpaired) electrons. The number of rotatable bonds is 6. The van der Waals surface area contributed by atoms with Gasteiger partial charge in [0.1, 0.15) is 0 Å². The number of nitrogens with zero attached hydrogens (tertiary/aromatic N) is 2. The molecule has 1 amide bonds. The predicted molar refractivity (Wildman–Crippen MR) is 82.9 cm³/mol. The van der Waals surface area contributed by atoms with Gasteiger partial charge in [0.25, 0.3) is 0 Å². The molecule has 0 atom stereocenters. The Labute approximate surface area is 125 Å². The van der Waals surface area contributed by atoms with Crippen LogP contribution in [0.25, 0.3) is 5.69 Å². The van der Waals surface area contributed by atoms with E-state index in [0.717, 1.165) is 11.3 Å². The number of carbonyl (C=O) groups excluding carboxylic acids is 1.